The van der Waals surface area contributed by atoms with Gasteiger partial charge in [-0.3, -0.25) is 9.59 Å². The van der Waals surface area contributed by atoms with Crippen LogP contribution in [0.1, 0.15) is 194 Å². The summed E-state index contributed by atoms with van der Waals surface area (Å²) in [6.45, 7) is 4.60. The average molecular weight is 565 g/mol. The molecule has 4 heteroatoms. The molecule has 1 unspecified atom stereocenters. The van der Waals surface area contributed by atoms with Crippen molar-refractivity contribution in [2.75, 3.05) is 6.61 Å². The standard InChI is InChI=1S/C36H68O4/c1-3-5-6-7-8-9-10-11-12-13-14-15-16-17-18-19-20-21-22-23-24-25-26-27-28-29-30-31-34(33-35(37)38)36(39)40-32-4-2/h27-28,34H,3-26,29-33H2,1-2H3,(H,37,38)/b28-27+. The zero-order chi connectivity index (χ0) is 29.4. The van der Waals surface area contributed by atoms with E-state index in [1.807, 2.05) is 6.92 Å². The van der Waals surface area contributed by atoms with Gasteiger partial charge >= 0.3 is 11.9 Å². The Hall–Kier alpha value is -1.32. The van der Waals surface area contributed by atoms with E-state index in [0.717, 1.165) is 25.7 Å². The third-order valence-corrected chi connectivity index (χ3v) is 8.02. The predicted octanol–water partition coefficient (Wildman–Crippen LogP) is 11.7. The highest BCUT2D eigenvalue weighted by molar-refractivity contribution is 5.79. The number of carbonyl (C=O) groups excluding carboxylic acids is 1. The first-order valence-corrected chi connectivity index (χ1v) is 17.6. The highest BCUT2D eigenvalue weighted by atomic mass is 16.5. The van der Waals surface area contributed by atoms with Gasteiger partial charge in [-0.05, 0) is 38.5 Å². The summed E-state index contributed by atoms with van der Waals surface area (Å²) in [6.07, 6.45) is 39.7. The molecule has 0 saturated carbocycles. The van der Waals surface area contributed by atoms with Gasteiger partial charge in [-0.15, -0.1) is 0 Å². The van der Waals surface area contributed by atoms with E-state index in [9.17, 15) is 9.59 Å². The van der Waals surface area contributed by atoms with Crippen LogP contribution in [0.4, 0.5) is 0 Å². The fourth-order valence-corrected chi connectivity index (χ4v) is 5.42. The quantitative estimate of drug-likeness (QED) is 0.0501. The normalized spacial score (nSPS) is 12.2. The van der Waals surface area contributed by atoms with Crippen molar-refractivity contribution in [3.05, 3.63) is 12.2 Å². The number of ether oxygens (including phenoxy) is 1. The second-order valence-electron chi connectivity index (χ2n) is 12.1. The summed E-state index contributed by atoms with van der Waals surface area (Å²) in [5, 5.41) is 9.04. The molecule has 0 fully saturated rings. The van der Waals surface area contributed by atoms with Gasteiger partial charge in [0.05, 0.1) is 18.9 Å². The molecule has 236 valence electrons. The highest BCUT2D eigenvalue weighted by Gasteiger charge is 2.22. The van der Waals surface area contributed by atoms with E-state index < -0.39 is 11.9 Å². The number of hydrogen-bond donors (Lipinski definition) is 1. The number of aliphatic carboxylic acids is 1. The van der Waals surface area contributed by atoms with E-state index in [1.165, 1.54) is 141 Å². The number of hydrogen-bond acceptors (Lipinski definition) is 3. The topological polar surface area (TPSA) is 63.6 Å². The zero-order valence-electron chi connectivity index (χ0n) is 26.9. The Balaban J connectivity index is 3.35. The number of carboxylic acids is 1. The fourth-order valence-electron chi connectivity index (χ4n) is 5.42. The summed E-state index contributed by atoms with van der Waals surface area (Å²) in [7, 11) is 0. The maximum atomic E-state index is 12.0. The third-order valence-electron chi connectivity index (χ3n) is 8.02. The molecule has 0 aliphatic heterocycles. The Labute approximate surface area is 249 Å². The first-order valence-electron chi connectivity index (χ1n) is 17.6. The number of rotatable bonds is 32. The smallest absolute Gasteiger partial charge is 0.309 e. The molecule has 0 bridgehead atoms. The molecule has 0 aromatic heterocycles. The van der Waals surface area contributed by atoms with E-state index in [-0.39, 0.29) is 12.4 Å². The SMILES string of the molecule is CCCCCCCCCCCCCCCCCCCCCCCC/C=C/CCCC(CC(=O)O)C(=O)OCCC. The summed E-state index contributed by atoms with van der Waals surface area (Å²) >= 11 is 0. The number of allylic oxidation sites excluding steroid dienone is 2. The van der Waals surface area contributed by atoms with E-state index in [2.05, 4.69) is 19.1 Å². The molecule has 0 aromatic rings. The van der Waals surface area contributed by atoms with Crippen LogP contribution in [-0.2, 0) is 14.3 Å². The Morgan fingerprint density at radius 3 is 1.30 bits per heavy atom. The summed E-state index contributed by atoms with van der Waals surface area (Å²) in [4.78, 5) is 23.0. The third kappa shape index (κ3) is 29.7. The minimum atomic E-state index is -0.931. The van der Waals surface area contributed by atoms with E-state index in [1.54, 1.807) is 0 Å². The lowest BCUT2D eigenvalue weighted by atomic mass is 9.98. The maximum absolute atomic E-state index is 12.0. The highest BCUT2D eigenvalue weighted by Crippen LogP contribution is 2.17. The van der Waals surface area contributed by atoms with Gasteiger partial charge < -0.3 is 9.84 Å². The average Bonchev–Trinajstić information content (AvgIpc) is 2.94. The number of esters is 1. The van der Waals surface area contributed by atoms with Crippen molar-refractivity contribution < 1.29 is 19.4 Å². The zero-order valence-corrected chi connectivity index (χ0v) is 26.9. The molecule has 1 atom stereocenters. The van der Waals surface area contributed by atoms with Crippen molar-refractivity contribution in [1.29, 1.82) is 0 Å². The van der Waals surface area contributed by atoms with Crippen molar-refractivity contribution in [3.63, 3.8) is 0 Å². The molecule has 40 heavy (non-hydrogen) atoms. The van der Waals surface area contributed by atoms with Crippen LogP contribution in [0.25, 0.3) is 0 Å². The van der Waals surface area contributed by atoms with Crippen LogP contribution >= 0.6 is 0 Å². The molecule has 4 nitrogen and oxygen atoms in total. The summed E-state index contributed by atoms with van der Waals surface area (Å²) in [5.74, 6) is -1.81. The molecule has 0 aliphatic carbocycles. The molecular formula is C36H68O4. The fraction of sp³-hybridized carbons (Fsp3) is 0.889. The lowest BCUT2D eigenvalue weighted by Gasteiger charge is -2.13. The van der Waals surface area contributed by atoms with Crippen LogP contribution in [0.15, 0.2) is 12.2 Å². The van der Waals surface area contributed by atoms with Gasteiger partial charge in [-0.1, -0.05) is 161 Å². The van der Waals surface area contributed by atoms with Crippen molar-refractivity contribution in [2.45, 2.75) is 194 Å². The van der Waals surface area contributed by atoms with Gasteiger partial charge in [-0.2, -0.15) is 0 Å². The summed E-state index contributed by atoms with van der Waals surface area (Å²) in [6, 6.07) is 0. The first kappa shape index (κ1) is 38.7. The van der Waals surface area contributed by atoms with Crippen molar-refractivity contribution in [1.82, 2.24) is 0 Å². The van der Waals surface area contributed by atoms with Crippen LogP contribution in [-0.4, -0.2) is 23.7 Å². The van der Waals surface area contributed by atoms with Gasteiger partial charge in [0, 0.05) is 0 Å². The summed E-state index contributed by atoms with van der Waals surface area (Å²) < 4.78 is 5.15. The molecule has 0 heterocycles. The van der Waals surface area contributed by atoms with Crippen LogP contribution in [0.3, 0.4) is 0 Å². The van der Waals surface area contributed by atoms with Gasteiger partial charge in [0.2, 0.25) is 0 Å². The molecular weight excluding hydrogens is 496 g/mol. The van der Waals surface area contributed by atoms with Crippen molar-refractivity contribution >= 4 is 11.9 Å². The second-order valence-corrected chi connectivity index (χ2v) is 12.1. The largest absolute Gasteiger partial charge is 0.481 e. The van der Waals surface area contributed by atoms with E-state index >= 15 is 0 Å². The van der Waals surface area contributed by atoms with Gasteiger partial charge in [0.1, 0.15) is 0 Å². The Kier molecular flexibility index (Phi) is 31.1. The summed E-state index contributed by atoms with van der Waals surface area (Å²) in [5.41, 5.74) is 0. The Bertz CT molecular complexity index is 571. The Morgan fingerprint density at radius 1 is 0.550 bits per heavy atom. The molecule has 0 spiro atoms. The Morgan fingerprint density at radius 2 is 0.925 bits per heavy atom. The van der Waals surface area contributed by atoms with Gasteiger partial charge in [-0.25, -0.2) is 0 Å². The lowest BCUT2D eigenvalue weighted by Crippen LogP contribution is -2.21. The second kappa shape index (κ2) is 32.2. The van der Waals surface area contributed by atoms with Crippen LogP contribution in [0.5, 0.6) is 0 Å². The van der Waals surface area contributed by atoms with Crippen LogP contribution in [0, 0.1) is 5.92 Å². The van der Waals surface area contributed by atoms with Crippen molar-refractivity contribution in [3.8, 4) is 0 Å². The maximum Gasteiger partial charge on any atom is 0.309 e. The minimum absolute atomic E-state index is 0.133. The molecule has 0 aliphatic rings. The van der Waals surface area contributed by atoms with Crippen molar-refractivity contribution in [2.24, 2.45) is 5.92 Å². The molecule has 0 amide bonds. The molecule has 0 radical (unpaired) electrons. The monoisotopic (exact) mass is 565 g/mol. The molecule has 0 aromatic carbocycles. The van der Waals surface area contributed by atoms with E-state index in [0.29, 0.717) is 13.0 Å². The number of carboxylic acid groups (broad SMARTS) is 1. The number of unbranched alkanes of at least 4 members (excludes halogenated alkanes) is 23. The predicted molar refractivity (Wildman–Crippen MR) is 172 cm³/mol. The molecule has 0 saturated heterocycles. The van der Waals surface area contributed by atoms with Gasteiger partial charge in [0.25, 0.3) is 0 Å². The van der Waals surface area contributed by atoms with Crippen LogP contribution in [0.2, 0.25) is 0 Å². The van der Waals surface area contributed by atoms with Gasteiger partial charge in [0.15, 0.2) is 0 Å². The lowest BCUT2D eigenvalue weighted by molar-refractivity contribution is -0.153. The number of carbonyl (C=O) groups is 2. The first-order chi connectivity index (χ1) is 19.6. The van der Waals surface area contributed by atoms with E-state index in [4.69, 9.17) is 9.84 Å². The van der Waals surface area contributed by atoms with Crippen LogP contribution < -0.4 is 0 Å². The molecule has 1 N–H and O–H groups in total. The molecule has 0 rings (SSSR count). The minimum Gasteiger partial charge on any atom is -0.481 e.